The molecule has 0 atom stereocenters. The average Bonchev–Trinajstić information content (AvgIpc) is 2.69. The van der Waals surface area contributed by atoms with E-state index < -0.39 is 10.0 Å². The number of sulfonamides is 1. The number of piperidine rings is 1. The van der Waals surface area contributed by atoms with E-state index in [4.69, 9.17) is 0 Å². The number of hydrogen-bond donors (Lipinski definition) is 1. The third-order valence-corrected chi connectivity index (χ3v) is 6.96. The van der Waals surface area contributed by atoms with Crippen LogP contribution < -0.4 is 5.32 Å². The highest BCUT2D eigenvalue weighted by molar-refractivity contribution is 7.89. The Morgan fingerprint density at radius 1 is 0.929 bits per heavy atom. The Labute approximate surface area is 165 Å². The van der Waals surface area contributed by atoms with Crippen molar-refractivity contribution in [2.45, 2.75) is 31.6 Å². The van der Waals surface area contributed by atoms with E-state index in [9.17, 15) is 18.0 Å². The maximum Gasteiger partial charge on any atom is 0.255 e. The van der Waals surface area contributed by atoms with Crippen molar-refractivity contribution >= 4 is 27.4 Å². The van der Waals surface area contributed by atoms with Gasteiger partial charge in [0.05, 0.1) is 4.90 Å². The van der Waals surface area contributed by atoms with E-state index in [-0.39, 0.29) is 16.6 Å². The van der Waals surface area contributed by atoms with E-state index in [1.165, 1.54) is 35.5 Å². The van der Waals surface area contributed by atoms with E-state index >= 15 is 0 Å². The second kappa shape index (κ2) is 8.24. The van der Waals surface area contributed by atoms with Gasteiger partial charge in [0.25, 0.3) is 5.91 Å². The number of carbonyl (C=O) groups excluding carboxylic acids is 2. The van der Waals surface area contributed by atoms with E-state index in [1.54, 1.807) is 24.3 Å². The Morgan fingerprint density at radius 3 is 2.00 bits per heavy atom. The van der Waals surface area contributed by atoms with E-state index in [0.29, 0.717) is 35.8 Å². The minimum absolute atomic E-state index is 0.0437. The third kappa shape index (κ3) is 4.48. The van der Waals surface area contributed by atoms with Gasteiger partial charge in [0.2, 0.25) is 10.0 Å². The molecule has 1 heterocycles. The summed E-state index contributed by atoms with van der Waals surface area (Å²) in [7, 11) is -3.53. The lowest BCUT2D eigenvalue weighted by Crippen LogP contribution is -2.37. The van der Waals surface area contributed by atoms with E-state index in [2.05, 4.69) is 12.2 Å². The molecule has 0 unspecified atom stereocenters. The van der Waals surface area contributed by atoms with Crippen LogP contribution in [0.2, 0.25) is 0 Å². The van der Waals surface area contributed by atoms with Gasteiger partial charge in [-0.05, 0) is 74.2 Å². The summed E-state index contributed by atoms with van der Waals surface area (Å²) in [6.45, 7) is 4.67. The second-order valence-corrected chi connectivity index (χ2v) is 9.14. The molecule has 2 aromatic rings. The first-order valence-electron chi connectivity index (χ1n) is 9.30. The first-order chi connectivity index (χ1) is 13.3. The quantitative estimate of drug-likeness (QED) is 0.778. The number of amides is 1. The van der Waals surface area contributed by atoms with Crippen molar-refractivity contribution in [2.75, 3.05) is 18.4 Å². The molecule has 1 aliphatic heterocycles. The molecule has 1 N–H and O–H groups in total. The molecule has 0 spiro atoms. The van der Waals surface area contributed by atoms with Gasteiger partial charge in [-0.3, -0.25) is 9.59 Å². The summed E-state index contributed by atoms with van der Waals surface area (Å²) in [5.74, 6) is 0.159. The lowest BCUT2D eigenvalue weighted by Gasteiger charge is -2.29. The highest BCUT2D eigenvalue weighted by Crippen LogP contribution is 2.23. The molecule has 2 aromatic carbocycles. The molecular formula is C21H24N2O4S. The van der Waals surface area contributed by atoms with Crippen molar-refractivity contribution in [3.8, 4) is 0 Å². The van der Waals surface area contributed by atoms with Crippen LogP contribution in [0.1, 0.15) is 47.4 Å². The first-order valence-corrected chi connectivity index (χ1v) is 10.7. The number of benzene rings is 2. The second-order valence-electron chi connectivity index (χ2n) is 7.20. The minimum atomic E-state index is -3.53. The van der Waals surface area contributed by atoms with Crippen molar-refractivity contribution in [2.24, 2.45) is 5.92 Å². The Kier molecular flexibility index (Phi) is 5.96. The Bertz CT molecular complexity index is 958. The van der Waals surface area contributed by atoms with E-state index in [1.807, 2.05) is 0 Å². The maximum absolute atomic E-state index is 12.8. The number of carbonyl (C=O) groups is 2. The van der Waals surface area contributed by atoms with Crippen LogP contribution in [0.5, 0.6) is 0 Å². The maximum atomic E-state index is 12.8. The van der Waals surface area contributed by atoms with Crippen LogP contribution in [0.4, 0.5) is 5.69 Å². The summed E-state index contributed by atoms with van der Waals surface area (Å²) < 4.78 is 27.0. The largest absolute Gasteiger partial charge is 0.322 e. The monoisotopic (exact) mass is 400 g/mol. The van der Waals surface area contributed by atoms with E-state index in [0.717, 1.165) is 12.8 Å². The van der Waals surface area contributed by atoms with Crippen molar-refractivity contribution in [1.29, 1.82) is 0 Å². The van der Waals surface area contributed by atoms with Crippen LogP contribution in [0.3, 0.4) is 0 Å². The average molecular weight is 401 g/mol. The van der Waals surface area contributed by atoms with Gasteiger partial charge in [0.15, 0.2) is 5.78 Å². The van der Waals surface area contributed by atoms with Crippen molar-refractivity contribution in [3.63, 3.8) is 0 Å². The molecule has 0 saturated carbocycles. The van der Waals surface area contributed by atoms with Gasteiger partial charge in [-0.1, -0.05) is 6.92 Å². The molecule has 1 saturated heterocycles. The van der Waals surface area contributed by atoms with Crippen LogP contribution in [-0.4, -0.2) is 37.5 Å². The van der Waals surface area contributed by atoms with Crippen molar-refractivity contribution < 1.29 is 18.0 Å². The molecule has 0 aliphatic carbocycles. The highest BCUT2D eigenvalue weighted by Gasteiger charge is 2.28. The molecular weight excluding hydrogens is 376 g/mol. The fourth-order valence-corrected chi connectivity index (χ4v) is 4.61. The molecule has 1 amide bonds. The molecule has 0 radical (unpaired) electrons. The summed E-state index contributed by atoms with van der Waals surface area (Å²) in [4.78, 5) is 23.9. The van der Waals surface area contributed by atoms with Crippen molar-refractivity contribution in [1.82, 2.24) is 4.31 Å². The van der Waals surface area contributed by atoms with Crippen LogP contribution >= 0.6 is 0 Å². The summed E-state index contributed by atoms with van der Waals surface area (Å²) in [6, 6.07) is 12.6. The molecule has 7 heteroatoms. The SMILES string of the molecule is CC(=O)c1ccc(NC(=O)c2ccc(S(=O)(=O)N3CCC(C)CC3)cc2)cc1. The fourth-order valence-electron chi connectivity index (χ4n) is 3.14. The van der Waals surface area contributed by atoms with Crippen LogP contribution in [0.25, 0.3) is 0 Å². The van der Waals surface area contributed by atoms with Gasteiger partial charge >= 0.3 is 0 Å². The summed E-state index contributed by atoms with van der Waals surface area (Å²) in [5, 5.41) is 2.74. The number of hydrogen-bond acceptors (Lipinski definition) is 4. The van der Waals surface area contributed by atoms with Gasteiger partial charge < -0.3 is 5.32 Å². The number of rotatable bonds is 5. The van der Waals surface area contributed by atoms with Gasteiger partial charge in [-0.25, -0.2) is 8.42 Å². The van der Waals surface area contributed by atoms with Crippen LogP contribution in [-0.2, 0) is 10.0 Å². The number of Topliss-reactive ketones (excluding diaryl/α,β-unsaturated/α-hetero) is 1. The molecule has 148 valence electrons. The molecule has 1 fully saturated rings. The lowest BCUT2D eigenvalue weighted by atomic mass is 10.0. The van der Waals surface area contributed by atoms with Crippen molar-refractivity contribution in [3.05, 3.63) is 59.7 Å². The topological polar surface area (TPSA) is 83.5 Å². The van der Waals surface area contributed by atoms with Crippen LogP contribution in [0, 0.1) is 5.92 Å². The molecule has 6 nitrogen and oxygen atoms in total. The molecule has 1 aliphatic rings. The predicted molar refractivity (Wildman–Crippen MR) is 108 cm³/mol. The Morgan fingerprint density at radius 2 is 1.46 bits per heavy atom. The number of nitrogens with zero attached hydrogens (tertiary/aromatic N) is 1. The number of anilines is 1. The van der Waals surface area contributed by atoms with Gasteiger partial charge in [0.1, 0.15) is 0 Å². The molecule has 0 aromatic heterocycles. The van der Waals surface area contributed by atoms with Gasteiger partial charge in [-0.2, -0.15) is 4.31 Å². The first kappa shape index (κ1) is 20.2. The number of nitrogens with one attached hydrogen (secondary N) is 1. The Hall–Kier alpha value is -2.51. The molecule has 28 heavy (non-hydrogen) atoms. The van der Waals surface area contributed by atoms with Gasteiger partial charge in [0, 0.05) is 29.9 Å². The fraction of sp³-hybridized carbons (Fsp3) is 0.333. The smallest absolute Gasteiger partial charge is 0.255 e. The number of ketones is 1. The molecule has 0 bridgehead atoms. The zero-order chi connectivity index (χ0) is 20.3. The normalized spacial score (nSPS) is 15.9. The third-order valence-electron chi connectivity index (χ3n) is 5.05. The molecule has 3 rings (SSSR count). The standard InChI is InChI=1S/C21H24N2O4S/c1-15-11-13-23(14-12-15)28(26,27)20-9-5-18(6-10-20)21(25)22-19-7-3-17(4-8-19)16(2)24/h3-10,15H,11-14H2,1-2H3,(H,22,25). The summed E-state index contributed by atoms with van der Waals surface area (Å²) in [5.41, 5.74) is 1.50. The zero-order valence-electron chi connectivity index (χ0n) is 16.0. The summed E-state index contributed by atoms with van der Waals surface area (Å²) in [6.07, 6.45) is 1.73. The zero-order valence-corrected chi connectivity index (χ0v) is 16.8. The predicted octanol–water partition coefficient (Wildman–Crippen LogP) is 3.56. The van der Waals surface area contributed by atoms with Gasteiger partial charge in [-0.15, -0.1) is 0 Å². The summed E-state index contributed by atoms with van der Waals surface area (Å²) >= 11 is 0. The highest BCUT2D eigenvalue weighted by atomic mass is 32.2. The Balaban J connectivity index is 1.69. The lowest BCUT2D eigenvalue weighted by molar-refractivity contribution is 0.101. The minimum Gasteiger partial charge on any atom is -0.322 e. The van der Waals surface area contributed by atoms with Crippen LogP contribution in [0.15, 0.2) is 53.4 Å².